The van der Waals surface area contributed by atoms with Gasteiger partial charge >= 0.3 is 0 Å². The van der Waals surface area contributed by atoms with E-state index in [0.29, 0.717) is 18.9 Å². The smallest absolute Gasteiger partial charge is 0.279 e. The summed E-state index contributed by atoms with van der Waals surface area (Å²) in [6.07, 6.45) is 2.88. The minimum atomic E-state index is 0.522. The summed E-state index contributed by atoms with van der Waals surface area (Å²) < 4.78 is 0. The van der Waals surface area contributed by atoms with E-state index in [-0.39, 0.29) is 0 Å². The molecule has 0 amide bonds. The molecule has 0 aliphatic carbocycles. The zero-order valence-electron chi connectivity index (χ0n) is 10.7. The average Bonchev–Trinajstić information content (AvgIpc) is 2.38. The third-order valence-electron chi connectivity index (χ3n) is 2.47. The van der Waals surface area contributed by atoms with Crippen LogP contribution in [0.3, 0.4) is 0 Å². The SMILES string of the molecule is CCCC[N+]([O-])C(=NCCC)c1ccccc1. The maximum atomic E-state index is 12.0. The second kappa shape index (κ2) is 7.98. The Bertz CT molecular complexity index is 335. The van der Waals surface area contributed by atoms with Crippen LogP contribution in [0.25, 0.3) is 0 Å². The molecule has 93 valence electrons. The van der Waals surface area contributed by atoms with Gasteiger partial charge in [0.1, 0.15) is 6.54 Å². The molecule has 0 heterocycles. The normalized spacial score (nSPS) is 12.1. The summed E-state index contributed by atoms with van der Waals surface area (Å²) in [5.41, 5.74) is 0.909. The van der Waals surface area contributed by atoms with Gasteiger partial charge in [0.15, 0.2) is 0 Å². The Morgan fingerprint density at radius 2 is 1.88 bits per heavy atom. The van der Waals surface area contributed by atoms with Gasteiger partial charge in [-0.1, -0.05) is 38.5 Å². The fourth-order valence-corrected chi connectivity index (χ4v) is 1.53. The Balaban J connectivity index is 2.81. The molecule has 0 saturated heterocycles. The van der Waals surface area contributed by atoms with Crippen molar-refractivity contribution in [3.8, 4) is 0 Å². The number of aliphatic imine (C=N–C) groups is 1. The Hall–Kier alpha value is -1.19. The van der Waals surface area contributed by atoms with Crippen LogP contribution in [0.5, 0.6) is 0 Å². The molecule has 0 unspecified atom stereocenters. The van der Waals surface area contributed by atoms with Crippen LogP contribution in [-0.2, 0) is 0 Å². The molecule has 1 aromatic rings. The van der Waals surface area contributed by atoms with Crippen LogP contribution in [0.15, 0.2) is 35.3 Å². The molecule has 0 aromatic heterocycles. The van der Waals surface area contributed by atoms with E-state index in [4.69, 9.17) is 0 Å². The quantitative estimate of drug-likeness (QED) is 0.322. The Kier molecular flexibility index (Phi) is 6.51. The van der Waals surface area contributed by atoms with Gasteiger partial charge in [-0.2, -0.15) is 0 Å². The summed E-state index contributed by atoms with van der Waals surface area (Å²) in [6, 6.07) is 9.69. The maximum absolute atomic E-state index is 12.0. The first-order chi connectivity index (χ1) is 8.29. The monoisotopic (exact) mass is 233 g/mol. The second-order valence-electron chi connectivity index (χ2n) is 4.03. The van der Waals surface area contributed by atoms with Crippen molar-refractivity contribution in [1.82, 2.24) is 5.06 Å². The van der Waals surface area contributed by atoms with E-state index in [1.165, 1.54) is 0 Å². The van der Waals surface area contributed by atoms with Crippen LogP contribution in [0.2, 0.25) is 0 Å². The number of hydrogen-bond donors (Lipinski definition) is 0. The summed E-state index contributed by atoms with van der Waals surface area (Å²) >= 11 is 0. The lowest BCUT2D eigenvalue weighted by Crippen LogP contribution is -2.33. The number of hydrogen-bond acceptors (Lipinski definition) is 2. The molecule has 1 rings (SSSR count). The van der Waals surface area contributed by atoms with Crippen molar-refractivity contribution in [3.05, 3.63) is 41.1 Å². The lowest BCUT2D eigenvalue weighted by atomic mass is 10.2. The Morgan fingerprint density at radius 3 is 2.47 bits per heavy atom. The van der Waals surface area contributed by atoms with Gasteiger partial charge in [0.2, 0.25) is 0 Å². The molecule has 0 aliphatic heterocycles. The molecule has 0 spiro atoms. The predicted octanol–water partition coefficient (Wildman–Crippen LogP) is 3.28. The van der Waals surface area contributed by atoms with Crippen LogP contribution >= 0.6 is 0 Å². The highest BCUT2D eigenvalue weighted by Crippen LogP contribution is 2.05. The van der Waals surface area contributed by atoms with E-state index in [1.807, 2.05) is 30.3 Å². The summed E-state index contributed by atoms with van der Waals surface area (Å²) in [6.45, 7) is 5.37. The first-order valence-corrected chi connectivity index (χ1v) is 6.34. The van der Waals surface area contributed by atoms with E-state index in [9.17, 15) is 5.21 Å². The third-order valence-corrected chi connectivity index (χ3v) is 2.47. The summed E-state index contributed by atoms with van der Waals surface area (Å²) in [4.78, 5) is 4.40. The first-order valence-electron chi connectivity index (χ1n) is 6.34. The molecule has 3 nitrogen and oxygen atoms in total. The van der Waals surface area contributed by atoms with Crippen molar-refractivity contribution < 1.29 is 0 Å². The standard InChI is InChI=1S/C14H21N2O/c1-3-5-12-16(17)14(15-11-4-2)13-9-7-6-8-10-13/h6-10H,3-5,11-12H2,1-2H3. The molecule has 1 radical (unpaired) electrons. The van der Waals surface area contributed by atoms with Crippen molar-refractivity contribution in [3.63, 3.8) is 0 Å². The zero-order chi connectivity index (χ0) is 12.5. The van der Waals surface area contributed by atoms with E-state index in [0.717, 1.165) is 29.9 Å². The van der Waals surface area contributed by atoms with Crippen LogP contribution in [0.1, 0.15) is 38.7 Å². The molecule has 0 saturated carbocycles. The number of rotatable bonds is 6. The molecular formula is C14H21N2O. The number of benzene rings is 1. The fourth-order valence-electron chi connectivity index (χ4n) is 1.53. The zero-order valence-corrected chi connectivity index (χ0v) is 10.7. The van der Waals surface area contributed by atoms with E-state index < -0.39 is 0 Å². The molecule has 17 heavy (non-hydrogen) atoms. The molecular weight excluding hydrogens is 212 g/mol. The van der Waals surface area contributed by atoms with Crippen molar-refractivity contribution in [2.45, 2.75) is 33.1 Å². The topological polar surface area (TPSA) is 41.3 Å². The van der Waals surface area contributed by atoms with Gasteiger partial charge in [0.05, 0.1) is 5.56 Å². The van der Waals surface area contributed by atoms with Crippen molar-refractivity contribution in [2.75, 3.05) is 13.1 Å². The van der Waals surface area contributed by atoms with E-state index >= 15 is 0 Å². The van der Waals surface area contributed by atoms with E-state index in [2.05, 4.69) is 18.8 Å². The minimum absolute atomic E-state index is 0.522. The van der Waals surface area contributed by atoms with Crippen LogP contribution in [0.4, 0.5) is 0 Å². The maximum Gasteiger partial charge on any atom is 0.279 e. The molecule has 3 heteroatoms. The molecule has 0 fully saturated rings. The largest absolute Gasteiger partial charge is 0.575 e. The van der Waals surface area contributed by atoms with Crippen LogP contribution in [-0.4, -0.2) is 18.9 Å². The lowest BCUT2D eigenvalue weighted by Gasteiger charge is -2.15. The Labute approximate surface area is 104 Å². The van der Waals surface area contributed by atoms with Crippen LogP contribution in [0, 0.1) is 5.21 Å². The predicted molar refractivity (Wildman–Crippen MR) is 73.4 cm³/mol. The van der Waals surface area contributed by atoms with Crippen LogP contribution < -0.4 is 5.06 Å². The van der Waals surface area contributed by atoms with Gasteiger partial charge in [-0.3, -0.25) is 0 Å². The van der Waals surface area contributed by atoms with Gasteiger partial charge in [-0.05, 0) is 18.6 Å². The number of hydroxylamine groups is 2. The highest BCUT2D eigenvalue weighted by atomic mass is 16.5. The third kappa shape index (κ3) is 4.67. The summed E-state index contributed by atoms with van der Waals surface area (Å²) in [5.74, 6) is 0.570. The Morgan fingerprint density at radius 1 is 1.18 bits per heavy atom. The van der Waals surface area contributed by atoms with Gasteiger partial charge in [-0.25, -0.2) is 4.99 Å². The fraction of sp³-hybridized carbons (Fsp3) is 0.500. The van der Waals surface area contributed by atoms with Gasteiger partial charge in [-0.15, -0.1) is 5.06 Å². The minimum Gasteiger partial charge on any atom is -0.575 e. The van der Waals surface area contributed by atoms with E-state index in [1.54, 1.807) is 0 Å². The van der Waals surface area contributed by atoms with Crippen molar-refractivity contribution in [2.24, 2.45) is 4.99 Å². The van der Waals surface area contributed by atoms with Crippen molar-refractivity contribution >= 4 is 5.84 Å². The average molecular weight is 233 g/mol. The molecule has 1 aromatic carbocycles. The lowest BCUT2D eigenvalue weighted by molar-refractivity contribution is 0.645. The molecule has 0 N–H and O–H groups in total. The molecule has 0 aliphatic rings. The van der Waals surface area contributed by atoms with Crippen molar-refractivity contribution in [1.29, 1.82) is 0 Å². The summed E-state index contributed by atoms with van der Waals surface area (Å²) in [7, 11) is 0. The highest BCUT2D eigenvalue weighted by molar-refractivity contribution is 6.00. The summed E-state index contributed by atoms with van der Waals surface area (Å²) in [5, 5.41) is 13.0. The molecule has 0 atom stereocenters. The van der Waals surface area contributed by atoms with Gasteiger partial charge in [0, 0.05) is 13.0 Å². The first kappa shape index (κ1) is 13.9. The van der Waals surface area contributed by atoms with Gasteiger partial charge in [0.25, 0.3) is 5.84 Å². The highest BCUT2D eigenvalue weighted by Gasteiger charge is 2.16. The number of amidine groups is 1. The second-order valence-corrected chi connectivity index (χ2v) is 4.03. The molecule has 0 bridgehead atoms. The number of nitrogens with zero attached hydrogens (tertiary/aromatic N) is 2. The number of unbranched alkanes of at least 4 members (excludes halogenated alkanes) is 1. The van der Waals surface area contributed by atoms with Gasteiger partial charge < -0.3 is 5.21 Å².